The van der Waals surface area contributed by atoms with Crippen LogP contribution in [0.25, 0.3) is 6.08 Å². The molecule has 2 aromatic rings. The van der Waals surface area contributed by atoms with E-state index in [4.69, 9.17) is 4.74 Å². The fourth-order valence-corrected chi connectivity index (χ4v) is 5.47. The van der Waals surface area contributed by atoms with E-state index in [1.165, 1.54) is 3.57 Å². The van der Waals surface area contributed by atoms with Crippen molar-refractivity contribution < 1.29 is 4.74 Å². The molecule has 0 heterocycles. The first-order valence-electron chi connectivity index (χ1n) is 5.59. The second kappa shape index (κ2) is 7.26. The summed E-state index contributed by atoms with van der Waals surface area (Å²) in [7, 11) is 0. The van der Waals surface area contributed by atoms with E-state index >= 15 is 0 Å². The van der Waals surface area contributed by atoms with Gasteiger partial charge in [0.15, 0.2) is 0 Å². The summed E-state index contributed by atoms with van der Waals surface area (Å²) in [6.07, 6.45) is 1.84. The summed E-state index contributed by atoms with van der Waals surface area (Å²) >= 11 is 6.96. The highest BCUT2D eigenvalue weighted by molar-refractivity contribution is 14.1. The Kier molecular flexibility index (Phi) is 5.94. The summed E-state index contributed by atoms with van der Waals surface area (Å²) in [6.45, 7) is 4.34. The molecule has 0 fully saturated rings. The van der Waals surface area contributed by atoms with Gasteiger partial charge in [0.1, 0.15) is 12.4 Å². The molecular formula is C15H11I3O. The zero-order valence-electron chi connectivity index (χ0n) is 10.00. The van der Waals surface area contributed by atoms with Gasteiger partial charge in [0.25, 0.3) is 0 Å². The SMILES string of the molecule is C=Cc1ccc(COc2c(I)cc(I)cc2I)cc1. The molecule has 0 aliphatic carbocycles. The molecule has 0 aromatic heterocycles. The molecule has 0 amide bonds. The first kappa shape index (κ1) is 15.6. The van der Waals surface area contributed by atoms with E-state index < -0.39 is 0 Å². The number of benzene rings is 2. The molecule has 2 rings (SSSR count). The Hall–Kier alpha value is 0.170. The number of hydrogen-bond acceptors (Lipinski definition) is 1. The predicted molar refractivity (Wildman–Crippen MR) is 105 cm³/mol. The van der Waals surface area contributed by atoms with Gasteiger partial charge in [-0.3, -0.25) is 0 Å². The van der Waals surface area contributed by atoms with Crippen molar-refractivity contribution in [3.8, 4) is 5.75 Å². The van der Waals surface area contributed by atoms with Gasteiger partial charge >= 0.3 is 0 Å². The Bertz CT molecular complexity index is 568. The minimum Gasteiger partial charge on any atom is -0.487 e. The van der Waals surface area contributed by atoms with Gasteiger partial charge in [0.2, 0.25) is 0 Å². The molecule has 0 aliphatic heterocycles. The highest BCUT2D eigenvalue weighted by Gasteiger charge is 2.08. The van der Waals surface area contributed by atoms with Gasteiger partial charge in [-0.2, -0.15) is 0 Å². The Morgan fingerprint density at radius 2 is 1.58 bits per heavy atom. The highest BCUT2D eigenvalue weighted by Crippen LogP contribution is 2.30. The molecule has 0 radical (unpaired) electrons. The predicted octanol–water partition coefficient (Wildman–Crippen LogP) is 5.72. The van der Waals surface area contributed by atoms with Gasteiger partial charge in [-0.1, -0.05) is 36.9 Å². The van der Waals surface area contributed by atoms with Crippen LogP contribution < -0.4 is 4.74 Å². The first-order chi connectivity index (χ1) is 9.10. The third-order valence-electron chi connectivity index (χ3n) is 2.56. The molecule has 2 aromatic carbocycles. The summed E-state index contributed by atoms with van der Waals surface area (Å²) in [5, 5.41) is 0. The van der Waals surface area contributed by atoms with Gasteiger partial charge in [-0.05, 0) is 91.0 Å². The lowest BCUT2D eigenvalue weighted by molar-refractivity contribution is 0.301. The number of rotatable bonds is 4. The maximum Gasteiger partial charge on any atom is 0.146 e. The van der Waals surface area contributed by atoms with Crippen molar-refractivity contribution in [2.24, 2.45) is 0 Å². The standard InChI is InChI=1S/C15H11I3O/c1-2-10-3-5-11(6-4-10)9-19-15-13(17)7-12(16)8-14(15)18/h2-8H,1,9H2. The van der Waals surface area contributed by atoms with Crippen LogP contribution in [0.1, 0.15) is 11.1 Å². The molecule has 0 N–H and O–H groups in total. The van der Waals surface area contributed by atoms with Crippen molar-refractivity contribution in [2.45, 2.75) is 6.61 Å². The highest BCUT2D eigenvalue weighted by atomic mass is 127. The number of hydrogen-bond donors (Lipinski definition) is 0. The Labute approximate surface area is 154 Å². The minimum atomic E-state index is 0.587. The summed E-state index contributed by atoms with van der Waals surface area (Å²) in [4.78, 5) is 0. The molecule has 0 saturated heterocycles. The Morgan fingerprint density at radius 1 is 1.00 bits per heavy atom. The van der Waals surface area contributed by atoms with E-state index in [1.54, 1.807) is 0 Å². The molecular weight excluding hydrogens is 577 g/mol. The van der Waals surface area contributed by atoms with Crippen molar-refractivity contribution in [1.29, 1.82) is 0 Å². The van der Waals surface area contributed by atoms with Crippen molar-refractivity contribution in [2.75, 3.05) is 0 Å². The first-order valence-corrected chi connectivity index (χ1v) is 8.82. The lowest BCUT2D eigenvalue weighted by atomic mass is 10.1. The lowest BCUT2D eigenvalue weighted by Crippen LogP contribution is -1.99. The molecule has 0 unspecified atom stereocenters. The number of ether oxygens (including phenoxy) is 1. The monoisotopic (exact) mass is 588 g/mol. The summed E-state index contributed by atoms with van der Waals surface area (Å²) < 4.78 is 9.47. The van der Waals surface area contributed by atoms with Crippen molar-refractivity contribution >= 4 is 73.8 Å². The Morgan fingerprint density at radius 3 is 2.11 bits per heavy atom. The summed E-state index contributed by atoms with van der Waals surface area (Å²) in [5.41, 5.74) is 2.29. The summed E-state index contributed by atoms with van der Waals surface area (Å²) in [5.74, 6) is 0.967. The average molecular weight is 588 g/mol. The summed E-state index contributed by atoms with van der Waals surface area (Å²) in [6, 6.07) is 12.5. The van der Waals surface area contributed by atoms with E-state index in [9.17, 15) is 0 Å². The molecule has 0 aliphatic rings. The van der Waals surface area contributed by atoms with Crippen LogP contribution in [0, 0.1) is 10.7 Å². The molecule has 0 bridgehead atoms. The normalized spacial score (nSPS) is 10.3. The van der Waals surface area contributed by atoms with Crippen molar-refractivity contribution in [1.82, 2.24) is 0 Å². The molecule has 0 spiro atoms. The molecule has 98 valence electrons. The van der Waals surface area contributed by atoms with Crippen molar-refractivity contribution in [3.05, 3.63) is 64.8 Å². The van der Waals surface area contributed by atoms with Gasteiger partial charge in [-0.15, -0.1) is 0 Å². The van der Waals surface area contributed by atoms with Gasteiger partial charge in [-0.25, -0.2) is 0 Å². The second-order valence-electron chi connectivity index (χ2n) is 3.93. The smallest absolute Gasteiger partial charge is 0.146 e. The van der Waals surface area contributed by atoms with Crippen LogP contribution in [0.4, 0.5) is 0 Å². The largest absolute Gasteiger partial charge is 0.487 e. The lowest BCUT2D eigenvalue weighted by Gasteiger charge is -2.11. The molecule has 0 atom stereocenters. The van der Waals surface area contributed by atoms with E-state index in [1.807, 2.05) is 6.08 Å². The zero-order chi connectivity index (χ0) is 13.8. The van der Waals surface area contributed by atoms with Crippen LogP contribution in [0.2, 0.25) is 0 Å². The van der Waals surface area contributed by atoms with Crippen LogP contribution in [0.3, 0.4) is 0 Å². The van der Waals surface area contributed by atoms with Crippen LogP contribution in [0.5, 0.6) is 5.75 Å². The third-order valence-corrected chi connectivity index (χ3v) is 4.79. The fourth-order valence-electron chi connectivity index (χ4n) is 1.57. The minimum absolute atomic E-state index is 0.587. The van der Waals surface area contributed by atoms with Gasteiger partial charge in [0, 0.05) is 3.57 Å². The zero-order valence-corrected chi connectivity index (χ0v) is 16.5. The topological polar surface area (TPSA) is 9.23 Å². The van der Waals surface area contributed by atoms with E-state index in [2.05, 4.69) is 111 Å². The Balaban J connectivity index is 2.12. The van der Waals surface area contributed by atoms with Crippen LogP contribution in [-0.4, -0.2) is 0 Å². The number of halogens is 3. The molecule has 0 saturated carbocycles. The van der Waals surface area contributed by atoms with Crippen LogP contribution in [-0.2, 0) is 6.61 Å². The van der Waals surface area contributed by atoms with Gasteiger partial charge in [0.05, 0.1) is 7.14 Å². The molecule has 1 nitrogen and oxygen atoms in total. The third kappa shape index (κ3) is 4.32. The van der Waals surface area contributed by atoms with E-state index in [0.717, 1.165) is 24.0 Å². The van der Waals surface area contributed by atoms with Crippen molar-refractivity contribution in [3.63, 3.8) is 0 Å². The van der Waals surface area contributed by atoms with Crippen LogP contribution >= 0.6 is 67.8 Å². The van der Waals surface area contributed by atoms with E-state index in [-0.39, 0.29) is 0 Å². The maximum absolute atomic E-state index is 5.94. The molecule has 19 heavy (non-hydrogen) atoms. The van der Waals surface area contributed by atoms with E-state index in [0.29, 0.717) is 6.61 Å². The average Bonchev–Trinajstić information content (AvgIpc) is 2.38. The fraction of sp³-hybridized carbons (Fsp3) is 0.0667. The quantitative estimate of drug-likeness (QED) is 0.416. The van der Waals surface area contributed by atoms with Gasteiger partial charge < -0.3 is 4.74 Å². The molecule has 4 heteroatoms. The van der Waals surface area contributed by atoms with Crippen LogP contribution in [0.15, 0.2) is 43.0 Å². The second-order valence-corrected chi connectivity index (χ2v) is 7.50. The maximum atomic E-state index is 5.94.